The Morgan fingerprint density at radius 3 is 2.79 bits per heavy atom. The van der Waals surface area contributed by atoms with Gasteiger partial charge < -0.3 is 15.4 Å². The molecule has 0 bridgehead atoms. The summed E-state index contributed by atoms with van der Waals surface area (Å²) in [5, 5.41) is 6.29. The summed E-state index contributed by atoms with van der Waals surface area (Å²) in [6.45, 7) is 2.27. The molecular weight excluding hydrogens is 180 g/mol. The Morgan fingerprint density at radius 2 is 2.14 bits per heavy atom. The molecule has 0 aromatic heterocycles. The van der Waals surface area contributed by atoms with Gasteiger partial charge in [0, 0.05) is 25.6 Å². The molecule has 14 heavy (non-hydrogen) atoms. The number of hydrogen-bond acceptors (Lipinski definition) is 3. The van der Waals surface area contributed by atoms with E-state index in [9.17, 15) is 4.79 Å². The van der Waals surface area contributed by atoms with Gasteiger partial charge in [-0.05, 0) is 19.3 Å². The Bertz CT molecular complexity index is 198. The molecular formula is C10H18N2O2. The van der Waals surface area contributed by atoms with Crippen LogP contribution >= 0.6 is 0 Å². The molecule has 0 aromatic rings. The zero-order valence-corrected chi connectivity index (χ0v) is 8.42. The fraction of sp³-hybridized carbons (Fsp3) is 0.900. The molecule has 1 unspecified atom stereocenters. The number of hydrogen-bond donors (Lipinski definition) is 2. The van der Waals surface area contributed by atoms with Gasteiger partial charge in [0.1, 0.15) is 0 Å². The normalized spacial score (nSPS) is 26.4. The van der Waals surface area contributed by atoms with Crippen LogP contribution < -0.4 is 10.6 Å². The minimum Gasteiger partial charge on any atom is -0.379 e. The van der Waals surface area contributed by atoms with E-state index in [4.69, 9.17) is 4.74 Å². The fourth-order valence-corrected chi connectivity index (χ4v) is 1.63. The van der Waals surface area contributed by atoms with E-state index >= 15 is 0 Å². The molecule has 4 heteroatoms. The van der Waals surface area contributed by atoms with E-state index in [1.165, 1.54) is 12.8 Å². The van der Waals surface area contributed by atoms with E-state index in [-0.39, 0.29) is 11.9 Å². The Balaban J connectivity index is 1.53. The van der Waals surface area contributed by atoms with Gasteiger partial charge in [0.2, 0.25) is 5.91 Å². The lowest BCUT2D eigenvalue weighted by atomic mass is 10.2. The lowest BCUT2D eigenvalue weighted by Crippen LogP contribution is -2.36. The van der Waals surface area contributed by atoms with Crippen molar-refractivity contribution in [3.63, 3.8) is 0 Å². The quantitative estimate of drug-likeness (QED) is 0.655. The summed E-state index contributed by atoms with van der Waals surface area (Å²) >= 11 is 0. The first-order valence-electron chi connectivity index (χ1n) is 5.45. The molecule has 2 N–H and O–H groups in total. The zero-order valence-electron chi connectivity index (χ0n) is 8.42. The van der Waals surface area contributed by atoms with Gasteiger partial charge in [-0.25, -0.2) is 0 Å². The number of ether oxygens (including phenoxy) is 1. The van der Waals surface area contributed by atoms with Crippen LogP contribution in [0.5, 0.6) is 0 Å². The van der Waals surface area contributed by atoms with Crippen molar-refractivity contribution in [2.75, 3.05) is 19.8 Å². The van der Waals surface area contributed by atoms with Crippen molar-refractivity contribution >= 4 is 5.91 Å². The molecule has 4 nitrogen and oxygen atoms in total. The first kappa shape index (κ1) is 9.93. The monoisotopic (exact) mass is 198 g/mol. The highest BCUT2D eigenvalue weighted by Gasteiger charge is 2.21. The van der Waals surface area contributed by atoms with Crippen molar-refractivity contribution in [3.05, 3.63) is 0 Å². The van der Waals surface area contributed by atoms with Crippen LogP contribution in [0, 0.1) is 0 Å². The number of rotatable bonds is 5. The van der Waals surface area contributed by atoms with Crippen LogP contribution in [0.2, 0.25) is 0 Å². The molecule has 1 amide bonds. The summed E-state index contributed by atoms with van der Waals surface area (Å²) in [6, 6.07) is 0.945. The summed E-state index contributed by atoms with van der Waals surface area (Å²) in [5.74, 6) is 0.147. The molecule has 1 saturated heterocycles. The second-order valence-electron chi connectivity index (χ2n) is 4.11. The molecule has 1 saturated carbocycles. The third-order valence-corrected chi connectivity index (χ3v) is 2.66. The third kappa shape index (κ3) is 3.27. The average Bonchev–Trinajstić information content (AvgIpc) is 2.83. The van der Waals surface area contributed by atoms with E-state index in [0.717, 1.165) is 19.6 Å². The van der Waals surface area contributed by atoms with Gasteiger partial charge >= 0.3 is 0 Å². The summed E-state index contributed by atoms with van der Waals surface area (Å²) < 4.78 is 5.18. The molecule has 0 spiro atoms. The fourth-order valence-electron chi connectivity index (χ4n) is 1.63. The molecule has 0 aromatic carbocycles. The van der Waals surface area contributed by atoms with Crippen molar-refractivity contribution in [1.29, 1.82) is 0 Å². The van der Waals surface area contributed by atoms with E-state index in [2.05, 4.69) is 10.6 Å². The highest BCUT2D eigenvalue weighted by atomic mass is 16.5. The maximum absolute atomic E-state index is 11.4. The van der Waals surface area contributed by atoms with Gasteiger partial charge in [-0.15, -0.1) is 0 Å². The van der Waals surface area contributed by atoms with Crippen LogP contribution in [0.3, 0.4) is 0 Å². The summed E-state index contributed by atoms with van der Waals surface area (Å²) in [4.78, 5) is 11.4. The van der Waals surface area contributed by atoms with Crippen LogP contribution in [-0.4, -0.2) is 37.7 Å². The van der Waals surface area contributed by atoms with Crippen molar-refractivity contribution in [2.45, 2.75) is 37.8 Å². The van der Waals surface area contributed by atoms with Crippen LogP contribution in [0.1, 0.15) is 25.7 Å². The van der Waals surface area contributed by atoms with E-state index in [0.29, 0.717) is 19.1 Å². The van der Waals surface area contributed by atoms with Crippen LogP contribution in [0.25, 0.3) is 0 Å². The van der Waals surface area contributed by atoms with Gasteiger partial charge in [-0.2, -0.15) is 0 Å². The lowest BCUT2D eigenvalue weighted by Gasteiger charge is -2.10. The van der Waals surface area contributed by atoms with Gasteiger partial charge in [-0.3, -0.25) is 4.79 Å². The summed E-state index contributed by atoms with van der Waals surface area (Å²) in [7, 11) is 0. The van der Waals surface area contributed by atoms with Gasteiger partial charge in [-0.1, -0.05) is 0 Å². The predicted octanol–water partition coefficient (Wildman–Crippen LogP) is 0.0336. The summed E-state index contributed by atoms with van der Waals surface area (Å²) in [5.41, 5.74) is 0. The van der Waals surface area contributed by atoms with Gasteiger partial charge in [0.15, 0.2) is 0 Å². The van der Waals surface area contributed by atoms with Crippen LogP contribution in [0.15, 0.2) is 0 Å². The number of nitrogens with one attached hydrogen (secondary N) is 2. The highest BCUT2D eigenvalue weighted by molar-refractivity contribution is 5.76. The van der Waals surface area contributed by atoms with Crippen molar-refractivity contribution < 1.29 is 9.53 Å². The molecule has 1 aliphatic carbocycles. The van der Waals surface area contributed by atoms with Gasteiger partial charge in [0.25, 0.3) is 0 Å². The van der Waals surface area contributed by atoms with Crippen molar-refractivity contribution in [3.8, 4) is 0 Å². The molecule has 2 rings (SSSR count). The first-order valence-corrected chi connectivity index (χ1v) is 5.45. The minimum absolute atomic E-state index is 0.147. The molecule has 80 valence electrons. The van der Waals surface area contributed by atoms with Crippen molar-refractivity contribution in [2.24, 2.45) is 0 Å². The average molecular weight is 198 g/mol. The van der Waals surface area contributed by atoms with Gasteiger partial charge in [0.05, 0.1) is 12.6 Å². The van der Waals surface area contributed by atoms with Crippen LogP contribution in [-0.2, 0) is 9.53 Å². The standard InChI is InChI=1S/C10H18N2O2/c13-10(3-5-11-8-1-2-8)12-9-4-6-14-7-9/h8-9,11H,1-7H2,(H,12,13). The van der Waals surface area contributed by atoms with E-state index < -0.39 is 0 Å². The number of amides is 1. The number of carbonyl (C=O) groups excluding carboxylic acids is 1. The third-order valence-electron chi connectivity index (χ3n) is 2.66. The number of carbonyl (C=O) groups is 1. The molecule has 1 heterocycles. The predicted molar refractivity (Wildman–Crippen MR) is 53.0 cm³/mol. The highest BCUT2D eigenvalue weighted by Crippen LogP contribution is 2.18. The molecule has 1 atom stereocenters. The molecule has 0 radical (unpaired) electrons. The Kier molecular flexibility index (Phi) is 3.37. The SMILES string of the molecule is O=C(CCNC1CC1)NC1CCOC1. The molecule has 1 aliphatic heterocycles. The van der Waals surface area contributed by atoms with E-state index in [1.807, 2.05) is 0 Å². The van der Waals surface area contributed by atoms with E-state index in [1.54, 1.807) is 0 Å². The second-order valence-corrected chi connectivity index (χ2v) is 4.11. The second kappa shape index (κ2) is 4.75. The Labute approximate surface area is 84.4 Å². The minimum atomic E-state index is 0.147. The largest absolute Gasteiger partial charge is 0.379 e. The topological polar surface area (TPSA) is 50.4 Å². The van der Waals surface area contributed by atoms with Crippen LogP contribution in [0.4, 0.5) is 0 Å². The summed E-state index contributed by atoms with van der Waals surface area (Å²) in [6.07, 6.45) is 4.10. The first-order chi connectivity index (χ1) is 6.84. The maximum Gasteiger partial charge on any atom is 0.221 e. The van der Waals surface area contributed by atoms with Crippen molar-refractivity contribution in [1.82, 2.24) is 10.6 Å². The Hall–Kier alpha value is -0.610. The molecule has 2 fully saturated rings. The maximum atomic E-state index is 11.4. The lowest BCUT2D eigenvalue weighted by molar-refractivity contribution is -0.121. The Morgan fingerprint density at radius 1 is 1.29 bits per heavy atom. The molecule has 2 aliphatic rings. The zero-order chi connectivity index (χ0) is 9.80. The smallest absolute Gasteiger partial charge is 0.221 e.